The predicted octanol–water partition coefficient (Wildman–Crippen LogP) is 2.37. The summed E-state index contributed by atoms with van der Waals surface area (Å²) < 4.78 is 7.37. The van der Waals surface area contributed by atoms with Crippen molar-refractivity contribution in [2.45, 2.75) is 51.7 Å². The monoisotopic (exact) mass is 355 g/mol. The van der Waals surface area contributed by atoms with Gasteiger partial charge >= 0.3 is 0 Å². The molecule has 2 aliphatic rings. The lowest BCUT2D eigenvalue weighted by Gasteiger charge is -2.29. The van der Waals surface area contributed by atoms with Gasteiger partial charge in [0.05, 0.1) is 5.69 Å². The lowest BCUT2D eigenvalue weighted by molar-refractivity contribution is -0.128. The van der Waals surface area contributed by atoms with E-state index in [1.54, 1.807) is 11.6 Å². The molecule has 2 saturated carbocycles. The summed E-state index contributed by atoms with van der Waals surface area (Å²) in [6.45, 7) is 3.93. The first-order valence-electron chi connectivity index (χ1n) is 9.40. The van der Waals surface area contributed by atoms with Crippen LogP contribution in [-0.2, 0) is 4.79 Å². The van der Waals surface area contributed by atoms with Gasteiger partial charge in [-0.25, -0.2) is 4.68 Å². The second-order valence-corrected chi connectivity index (χ2v) is 7.64. The molecule has 0 spiro atoms. The molecule has 2 fully saturated rings. The molecule has 5 atom stereocenters. The van der Waals surface area contributed by atoms with Gasteiger partial charge in [0.15, 0.2) is 6.10 Å². The summed E-state index contributed by atoms with van der Waals surface area (Å²) in [5.41, 5.74) is 0.837. The first kappa shape index (κ1) is 17.0. The Balaban J connectivity index is 1.31. The van der Waals surface area contributed by atoms with Gasteiger partial charge < -0.3 is 10.1 Å². The van der Waals surface area contributed by atoms with Gasteiger partial charge in [-0.15, -0.1) is 5.10 Å². The third kappa shape index (κ3) is 3.43. The molecule has 7 nitrogen and oxygen atoms in total. The molecule has 2 bridgehead atoms. The Hall–Kier alpha value is -2.44. The molecule has 1 N–H and O–H groups in total. The minimum atomic E-state index is -0.532. The molecule has 1 heterocycles. The highest BCUT2D eigenvalue weighted by molar-refractivity contribution is 5.81. The third-order valence-corrected chi connectivity index (χ3v) is 5.94. The van der Waals surface area contributed by atoms with Crippen LogP contribution in [0.1, 0.15) is 39.5 Å². The van der Waals surface area contributed by atoms with E-state index in [4.69, 9.17) is 4.74 Å². The summed E-state index contributed by atoms with van der Waals surface area (Å²) in [4.78, 5) is 12.5. The number of ether oxygens (including phenoxy) is 1. The SMILES string of the molecule is CC(Oc1ccc(-n2cnnn2)cc1)C(=O)NC(C)C1CC2CCC1C2. The van der Waals surface area contributed by atoms with E-state index in [1.165, 1.54) is 32.0 Å². The molecule has 2 aliphatic carbocycles. The zero-order chi connectivity index (χ0) is 18.1. The van der Waals surface area contributed by atoms with Gasteiger partial charge in [-0.1, -0.05) is 6.42 Å². The van der Waals surface area contributed by atoms with Crippen LogP contribution in [0.15, 0.2) is 30.6 Å². The van der Waals surface area contributed by atoms with Crippen molar-refractivity contribution >= 4 is 5.91 Å². The van der Waals surface area contributed by atoms with E-state index in [0.717, 1.165) is 17.5 Å². The van der Waals surface area contributed by atoms with Crippen LogP contribution in [0.3, 0.4) is 0 Å². The summed E-state index contributed by atoms with van der Waals surface area (Å²) in [6, 6.07) is 7.56. The Morgan fingerprint density at radius 2 is 2.04 bits per heavy atom. The fourth-order valence-corrected chi connectivity index (χ4v) is 4.57. The summed E-state index contributed by atoms with van der Waals surface area (Å²) in [7, 11) is 0. The van der Waals surface area contributed by atoms with Crippen molar-refractivity contribution in [2.75, 3.05) is 0 Å². The molecule has 1 amide bonds. The number of aromatic nitrogens is 4. The maximum absolute atomic E-state index is 12.5. The van der Waals surface area contributed by atoms with Crippen molar-refractivity contribution in [3.8, 4) is 11.4 Å². The van der Waals surface area contributed by atoms with Gasteiger partial charge in [-0.05, 0) is 85.6 Å². The number of rotatable bonds is 6. The number of carbonyl (C=O) groups is 1. The number of carbonyl (C=O) groups excluding carboxylic acids is 1. The molecule has 138 valence electrons. The second kappa shape index (κ2) is 7.05. The number of nitrogens with one attached hydrogen (secondary N) is 1. The van der Waals surface area contributed by atoms with E-state index >= 15 is 0 Å². The fraction of sp³-hybridized carbons (Fsp3) is 0.579. The summed E-state index contributed by atoms with van der Waals surface area (Å²) in [5, 5.41) is 14.2. The lowest BCUT2D eigenvalue weighted by Crippen LogP contribution is -2.45. The van der Waals surface area contributed by atoms with Crippen LogP contribution >= 0.6 is 0 Å². The molecular weight excluding hydrogens is 330 g/mol. The Bertz CT molecular complexity index is 746. The third-order valence-electron chi connectivity index (χ3n) is 5.94. The number of hydrogen-bond donors (Lipinski definition) is 1. The van der Waals surface area contributed by atoms with Gasteiger partial charge in [-0.2, -0.15) is 0 Å². The van der Waals surface area contributed by atoms with Crippen molar-refractivity contribution in [3.05, 3.63) is 30.6 Å². The minimum absolute atomic E-state index is 0.0511. The molecule has 26 heavy (non-hydrogen) atoms. The normalized spacial score (nSPS) is 26.5. The van der Waals surface area contributed by atoms with E-state index in [9.17, 15) is 4.79 Å². The number of tetrazole rings is 1. The van der Waals surface area contributed by atoms with Crippen LogP contribution in [0.4, 0.5) is 0 Å². The van der Waals surface area contributed by atoms with Gasteiger partial charge in [0.25, 0.3) is 5.91 Å². The highest BCUT2D eigenvalue weighted by atomic mass is 16.5. The average Bonchev–Trinajstić information content (AvgIpc) is 3.40. The molecule has 4 rings (SSSR count). The predicted molar refractivity (Wildman–Crippen MR) is 95.8 cm³/mol. The Morgan fingerprint density at radius 3 is 2.65 bits per heavy atom. The van der Waals surface area contributed by atoms with Gasteiger partial charge in [0.2, 0.25) is 0 Å². The molecule has 2 aromatic rings. The van der Waals surface area contributed by atoms with Crippen LogP contribution < -0.4 is 10.1 Å². The van der Waals surface area contributed by atoms with Crippen LogP contribution in [-0.4, -0.2) is 38.3 Å². The van der Waals surface area contributed by atoms with Crippen molar-refractivity contribution in [1.82, 2.24) is 25.5 Å². The lowest BCUT2D eigenvalue weighted by atomic mass is 9.84. The molecular formula is C19H25N5O2. The quantitative estimate of drug-likeness (QED) is 0.860. The summed E-state index contributed by atoms with van der Waals surface area (Å²) >= 11 is 0. The van der Waals surface area contributed by atoms with E-state index in [2.05, 4.69) is 27.8 Å². The van der Waals surface area contributed by atoms with E-state index < -0.39 is 6.10 Å². The Labute approximate surface area is 153 Å². The van der Waals surface area contributed by atoms with Gasteiger partial charge in [-0.3, -0.25) is 4.79 Å². The van der Waals surface area contributed by atoms with E-state index in [0.29, 0.717) is 11.7 Å². The van der Waals surface area contributed by atoms with Crippen LogP contribution in [0, 0.1) is 17.8 Å². The first-order chi connectivity index (χ1) is 12.6. The maximum Gasteiger partial charge on any atom is 0.260 e. The number of nitrogens with zero attached hydrogens (tertiary/aromatic N) is 4. The highest BCUT2D eigenvalue weighted by Crippen LogP contribution is 2.49. The van der Waals surface area contributed by atoms with Crippen LogP contribution in [0.5, 0.6) is 5.75 Å². The molecule has 5 unspecified atom stereocenters. The topological polar surface area (TPSA) is 81.9 Å². The van der Waals surface area contributed by atoms with Crippen molar-refractivity contribution < 1.29 is 9.53 Å². The minimum Gasteiger partial charge on any atom is -0.481 e. The Morgan fingerprint density at radius 1 is 1.23 bits per heavy atom. The van der Waals surface area contributed by atoms with Crippen LogP contribution in [0.2, 0.25) is 0 Å². The zero-order valence-electron chi connectivity index (χ0n) is 15.2. The largest absolute Gasteiger partial charge is 0.481 e. The zero-order valence-corrected chi connectivity index (χ0v) is 15.2. The summed E-state index contributed by atoms with van der Waals surface area (Å²) in [5.74, 6) is 2.91. The van der Waals surface area contributed by atoms with Gasteiger partial charge in [0.1, 0.15) is 12.1 Å². The first-order valence-corrected chi connectivity index (χ1v) is 9.40. The standard InChI is InChI=1S/C19H25N5O2/c1-12(18-10-14-3-4-15(18)9-14)21-19(25)13(2)26-17-7-5-16(6-8-17)24-11-20-22-23-24/h5-8,11-15,18H,3-4,9-10H2,1-2H3,(H,21,25). The molecule has 7 heteroatoms. The van der Waals surface area contributed by atoms with E-state index in [1.807, 2.05) is 24.3 Å². The number of benzene rings is 1. The highest BCUT2D eigenvalue weighted by Gasteiger charge is 2.42. The van der Waals surface area contributed by atoms with Crippen molar-refractivity contribution in [3.63, 3.8) is 0 Å². The van der Waals surface area contributed by atoms with Crippen LogP contribution in [0.25, 0.3) is 5.69 Å². The summed E-state index contributed by atoms with van der Waals surface area (Å²) in [6.07, 6.45) is 6.32. The molecule has 0 saturated heterocycles. The molecule has 0 radical (unpaired) electrons. The fourth-order valence-electron chi connectivity index (χ4n) is 4.57. The second-order valence-electron chi connectivity index (χ2n) is 7.64. The number of fused-ring (bicyclic) bond motifs is 2. The molecule has 1 aromatic heterocycles. The smallest absolute Gasteiger partial charge is 0.260 e. The maximum atomic E-state index is 12.5. The van der Waals surface area contributed by atoms with Crippen molar-refractivity contribution in [1.29, 1.82) is 0 Å². The molecule has 1 aromatic carbocycles. The number of amides is 1. The average molecular weight is 355 g/mol. The van der Waals surface area contributed by atoms with Gasteiger partial charge in [0, 0.05) is 6.04 Å². The number of hydrogen-bond acceptors (Lipinski definition) is 5. The molecule has 0 aliphatic heterocycles. The van der Waals surface area contributed by atoms with E-state index in [-0.39, 0.29) is 11.9 Å². The Kier molecular flexibility index (Phi) is 4.61. The van der Waals surface area contributed by atoms with Crippen molar-refractivity contribution in [2.24, 2.45) is 17.8 Å².